The first kappa shape index (κ1) is 7.59. The zero-order chi connectivity index (χ0) is 8.27. The number of rotatable bonds is 2. The lowest BCUT2D eigenvalue weighted by Gasteiger charge is -1.92. The Labute approximate surface area is 63.0 Å². The van der Waals surface area contributed by atoms with E-state index >= 15 is 0 Å². The Morgan fingerprint density at radius 1 is 1.64 bits per heavy atom. The van der Waals surface area contributed by atoms with Crippen molar-refractivity contribution in [3.05, 3.63) is 12.0 Å². The maximum Gasteiger partial charge on any atom is 0.419 e. The van der Waals surface area contributed by atoms with Crippen molar-refractivity contribution >= 4 is 12.1 Å². The highest BCUT2D eigenvalue weighted by atomic mass is 16.6. The van der Waals surface area contributed by atoms with Gasteiger partial charge in [-0.2, -0.15) is 0 Å². The molecular weight excluding hydrogens is 150 g/mol. The highest BCUT2D eigenvalue weighted by Crippen LogP contribution is 2.03. The predicted molar refractivity (Wildman–Crippen MR) is 34.3 cm³/mol. The van der Waals surface area contributed by atoms with E-state index in [4.69, 9.17) is 4.74 Å². The fraction of sp³-hybridized carbons (Fsp3) is 0.333. The lowest BCUT2D eigenvalue weighted by molar-refractivity contribution is -0.130. The third-order valence-corrected chi connectivity index (χ3v) is 1.01. The van der Waals surface area contributed by atoms with Gasteiger partial charge in [0.1, 0.15) is 6.26 Å². The molecular formula is C6H7NO4. The summed E-state index contributed by atoms with van der Waals surface area (Å²) in [7, 11) is 0. The van der Waals surface area contributed by atoms with Crippen molar-refractivity contribution in [3.8, 4) is 0 Å². The van der Waals surface area contributed by atoms with Gasteiger partial charge < -0.3 is 9.47 Å². The van der Waals surface area contributed by atoms with Gasteiger partial charge in [-0.15, -0.1) is 0 Å². The molecule has 1 aliphatic heterocycles. The van der Waals surface area contributed by atoms with Crippen LogP contribution in [0.5, 0.6) is 0 Å². The number of carbonyl (C=O) groups excluding carboxylic acids is 2. The lowest BCUT2D eigenvalue weighted by Crippen LogP contribution is -2.11. The van der Waals surface area contributed by atoms with E-state index in [1.54, 1.807) is 6.92 Å². The summed E-state index contributed by atoms with van der Waals surface area (Å²) in [6.07, 6.45) is 0.397. The van der Waals surface area contributed by atoms with E-state index < -0.39 is 12.1 Å². The second kappa shape index (κ2) is 3.05. The van der Waals surface area contributed by atoms with Crippen LogP contribution in [0, 0.1) is 0 Å². The number of hydrogen-bond donors (Lipinski definition) is 1. The molecule has 0 saturated carbocycles. The number of ether oxygens (including phenoxy) is 2. The largest absolute Gasteiger partial charge is 0.499 e. The van der Waals surface area contributed by atoms with Crippen LogP contribution >= 0.6 is 0 Å². The molecule has 1 aliphatic rings. The van der Waals surface area contributed by atoms with Crippen LogP contribution in [0.15, 0.2) is 12.0 Å². The normalized spacial score (nSPS) is 19.9. The zero-order valence-electron chi connectivity index (χ0n) is 5.92. The molecule has 5 nitrogen and oxygen atoms in total. The fourth-order valence-corrected chi connectivity index (χ4v) is 0.570. The third kappa shape index (κ3) is 1.70. The molecule has 0 aliphatic carbocycles. The van der Waals surface area contributed by atoms with Crippen molar-refractivity contribution in [2.75, 3.05) is 6.61 Å². The Balaban J connectivity index is 2.59. The second-order valence-corrected chi connectivity index (χ2v) is 1.79. The van der Waals surface area contributed by atoms with Crippen molar-refractivity contribution in [1.29, 1.82) is 0 Å². The van der Waals surface area contributed by atoms with Gasteiger partial charge in [-0.1, -0.05) is 0 Å². The number of alkyl carbamates (subject to hydrolysis) is 1. The van der Waals surface area contributed by atoms with Crippen LogP contribution in [0.3, 0.4) is 0 Å². The Morgan fingerprint density at radius 2 is 2.36 bits per heavy atom. The minimum Gasteiger partial charge on any atom is -0.499 e. The molecule has 0 aromatic heterocycles. The summed E-state index contributed by atoms with van der Waals surface area (Å²) in [6, 6.07) is 0. The molecule has 0 unspecified atom stereocenters. The summed E-state index contributed by atoms with van der Waals surface area (Å²) < 4.78 is 8.89. The second-order valence-electron chi connectivity index (χ2n) is 1.79. The van der Waals surface area contributed by atoms with Crippen molar-refractivity contribution in [2.24, 2.45) is 0 Å². The van der Waals surface area contributed by atoms with Gasteiger partial charge in [0, 0.05) is 0 Å². The van der Waals surface area contributed by atoms with E-state index in [1.165, 1.54) is 0 Å². The van der Waals surface area contributed by atoms with Gasteiger partial charge in [0.05, 0.1) is 6.61 Å². The number of esters is 1. The molecule has 0 atom stereocenters. The Bertz CT molecular complexity index is 221. The molecule has 1 amide bonds. The molecule has 0 spiro atoms. The van der Waals surface area contributed by atoms with E-state index in [0.29, 0.717) is 6.61 Å². The van der Waals surface area contributed by atoms with Crippen LogP contribution in [0.2, 0.25) is 0 Å². The quantitative estimate of drug-likeness (QED) is 0.268. The topological polar surface area (TPSA) is 64.6 Å². The van der Waals surface area contributed by atoms with Crippen LogP contribution in [0.25, 0.3) is 0 Å². The van der Waals surface area contributed by atoms with Crippen molar-refractivity contribution in [2.45, 2.75) is 6.92 Å². The minimum absolute atomic E-state index is 0.0388. The zero-order valence-corrected chi connectivity index (χ0v) is 5.92. The number of carbonyl (C=O) groups is 2. The first-order valence-electron chi connectivity index (χ1n) is 3.09. The van der Waals surface area contributed by atoms with E-state index in [9.17, 15) is 9.59 Å². The number of hydrogen-bond acceptors (Lipinski definition) is 4. The SMILES string of the molecule is CCOC=C1NC(=O)OC1=O. The molecule has 11 heavy (non-hydrogen) atoms. The molecule has 0 bridgehead atoms. The van der Waals surface area contributed by atoms with Crippen LogP contribution in [0.1, 0.15) is 6.92 Å². The molecule has 1 rings (SSSR count). The molecule has 1 saturated heterocycles. The standard InChI is InChI=1S/C6H7NO4/c1-2-10-3-4-5(8)11-6(9)7-4/h3H,2H2,1H3,(H,7,9). The van der Waals surface area contributed by atoms with Gasteiger partial charge >= 0.3 is 12.1 Å². The highest BCUT2D eigenvalue weighted by molar-refractivity contribution is 6.03. The van der Waals surface area contributed by atoms with Crippen LogP contribution < -0.4 is 5.32 Å². The fourth-order valence-electron chi connectivity index (χ4n) is 0.570. The molecule has 60 valence electrons. The first-order valence-corrected chi connectivity index (χ1v) is 3.09. The van der Waals surface area contributed by atoms with E-state index in [1.807, 2.05) is 0 Å². The summed E-state index contributed by atoms with van der Waals surface area (Å²) in [5, 5.41) is 2.16. The molecule has 1 N–H and O–H groups in total. The minimum atomic E-state index is -0.763. The first-order chi connectivity index (χ1) is 5.24. The van der Waals surface area contributed by atoms with E-state index in [-0.39, 0.29) is 5.70 Å². The van der Waals surface area contributed by atoms with Crippen LogP contribution in [-0.2, 0) is 14.3 Å². The molecule has 0 aromatic rings. The van der Waals surface area contributed by atoms with Gasteiger partial charge in [0.15, 0.2) is 5.70 Å². The van der Waals surface area contributed by atoms with Gasteiger partial charge in [-0.25, -0.2) is 9.59 Å². The Kier molecular flexibility index (Phi) is 2.10. The van der Waals surface area contributed by atoms with Crippen molar-refractivity contribution in [1.82, 2.24) is 5.32 Å². The smallest absolute Gasteiger partial charge is 0.419 e. The third-order valence-electron chi connectivity index (χ3n) is 1.01. The summed E-state index contributed by atoms with van der Waals surface area (Å²) in [6.45, 7) is 2.20. The summed E-state index contributed by atoms with van der Waals surface area (Å²) in [5.74, 6) is -0.705. The monoisotopic (exact) mass is 157 g/mol. The average Bonchev–Trinajstić information content (AvgIpc) is 2.26. The summed E-state index contributed by atoms with van der Waals surface area (Å²) in [5.41, 5.74) is 0.0388. The molecule has 0 aromatic carbocycles. The molecule has 1 fully saturated rings. The number of cyclic esters (lactones) is 2. The maximum atomic E-state index is 10.6. The summed E-state index contributed by atoms with van der Waals surface area (Å²) >= 11 is 0. The highest BCUT2D eigenvalue weighted by Gasteiger charge is 2.26. The lowest BCUT2D eigenvalue weighted by atomic mass is 10.5. The maximum absolute atomic E-state index is 10.6. The number of amides is 1. The Morgan fingerprint density at radius 3 is 2.82 bits per heavy atom. The Hall–Kier alpha value is -1.52. The van der Waals surface area contributed by atoms with E-state index in [2.05, 4.69) is 10.1 Å². The predicted octanol–water partition coefficient (Wildman–Crippen LogP) is 0.131. The van der Waals surface area contributed by atoms with E-state index in [0.717, 1.165) is 6.26 Å². The molecule has 0 radical (unpaired) electrons. The molecule has 5 heteroatoms. The van der Waals surface area contributed by atoms with Gasteiger partial charge in [-0.3, -0.25) is 5.32 Å². The number of nitrogens with one attached hydrogen (secondary N) is 1. The van der Waals surface area contributed by atoms with Crippen LogP contribution in [0.4, 0.5) is 4.79 Å². The van der Waals surface area contributed by atoms with Gasteiger partial charge in [0.2, 0.25) is 0 Å². The van der Waals surface area contributed by atoms with Crippen molar-refractivity contribution < 1.29 is 19.1 Å². The summed E-state index contributed by atoms with van der Waals surface area (Å²) in [4.78, 5) is 21.0. The molecule has 1 heterocycles. The average molecular weight is 157 g/mol. The van der Waals surface area contributed by atoms with Crippen molar-refractivity contribution in [3.63, 3.8) is 0 Å². The van der Waals surface area contributed by atoms with Crippen LogP contribution in [-0.4, -0.2) is 18.7 Å². The van der Waals surface area contributed by atoms with Gasteiger partial charge in [-0.05, 0) is 6.92 Å². The van der Waals surface area contributed by atoms with Gasteiger partial charge in [0.25, 0.3) is 0 Å².